The predicted molar refractivity (Wildman–Crippen MR) is 79.6 cm³/mol. The van der Waals surface area contributed by atoms with Gasteiger partial charge in [-0.25, -0.2) is 0 Å². The van der Waals surface area contributed by atoms with Crippen molar-refractivity contribution in [2.45, 2.75) is 45.3 Å². The first-order valence-corrected chi connectivity index (χ1v) is 8.11. The summed E-state index contributed by atoms with van der Waals surface area (Å²) >= 11 is 0. The van der Waals surface area contributed by atoms with Crippen LogP contribution in [0, 0.1) is 0 Å². The minimum absolute atomic E-state index is 0.425. The Kier molecular flexibility index (Phi) is 6.57. The van der Waals surface area contributed by atoms with Crippen molar-refractivity contribution in [1.29, 1.82) is 0 Å². The van der Waals surface area contributed by atoms with E-state index in [0.717, 1.165) is 38.8 Å². The van der Waals surface area contributed by atoms with E-state index in [1.807, 2.05) is 0 Å². The minimum atomic E-state index is 0.425. The Balaban J connectivity index is 1.64. The highest BCUT2D eigenvalue weighted by Gasteiger charge is 2.24. The summed E-state index contributed by atoms with van der Waals surface area (Å²) in [7, 11) is 0. The monoisotopic (exact) mass is 269 g/mol. The lowest BCUT2D eigenvalue weighted by Gasteiger charge is -2.38. The van der Waals surface area contributed by atoms with Gasteiger partial charge in [0.2, 0.25) is 0 Å². The summed E-state index contributed by atoms with van der Waals surface area (Å²) in [4.78, 5) is 5.09. The van der Waals surface area contributed by atoms with Gasteiger partial charge in [0.05, 0.1) is 12.7 Å². The summed E-state index contributed by atoms with van der Waals surface area (Å²) in [6.07, 6.45) is 4.26. The van der Waals surface area contributed by atoms with Crippen molar-refractivity contribution < 1.29 is 4.74 Å². The first kappa shape index (κ1) is 15.2. The first-order chi connectivity index (χ1) is 9.31. The van der Waals surface area contributed by atoms with Crippen LogP contribution >= 0.6 is 0 Å². The van der Waals surface area contributed by atoms with Gasteiger partial charge in [-0.05, 0) is 45.4 Å². The predicted octanol–water partition coefficient (Wildman–Crippen LogP) is 1.17. The van der Waals surface area contributed by atoms with Gasteiger partial charge in [-0.3, -0.25) is 4.90 Å². The number of hydrogen-bond acceptors (Lipinski definition) is 4. The van der Waals surface area contributed by atoms with E-state index in [2.05, 4.69) is 29.0 Å². The Hall–Kier alpha value is -0.160. The quantitative estimate of drug-likeness (QED) is 0.783. The van der Waals surface area contributed by atoms with Crippen LogP contribution in [0.2, 0.25) is 0 Å². The average molecular weight is 269 g/mol. The molecule has 0 aromatic carbocycles. The number of rotatable bonds is 6. The molecule has 2 aliphatic rings. The average Bonchev–Trinajstić information content (AvgIpc) is 2.47. The van der Waals surface area contributed by atoms with Gasteiger partial charge in [-0.1, -0.05) is 13.8 Å². The van der Waals surface area contributed by atoms with Crippen molar-refractivity contribution in [2.75, 3.05) is 52.4 Å². The molecule has 4 nitrogen and oxygen atoms in total. The molecule has 0 spiro atoms. The van der Waals surface area contributed by atoms with Crippen molar-refractivity contribution in [1.82, 2.24) is 15.1 Å². The van der Waals surface area contributed by atoms with Gasteiger partial charge in [0.25, 0.3) is 0 Å². The van der Waals surface area contributed by atoms with Crippen LogP contribution in [0.4, 0.5) is 0 Å². The molecular weight excluding hydrogens is 238 g/mol. The van der Waals surface area contributed by atoms with Gasteiger partial charge < -0.3 is 15.0 Å². The molecule has 4 heteroatoms. The summed E-state index contributed by atoms with van der Waals surface area (Å²) in [5.41, 5.74) is 0. The zero-order valence-corrected chi connectivity index (χ0v) is 12.7. The highest BCUT2D eigenvalue weighted by Crippen LogP contribution is 2.13. The molecule has 0 radical (unpaired) electrons. The van der Waals surface area contributed by atoms with E-state index in [-0.39, 0.29) is 0 Å². The van der Waals surface area contributed by atoms with Gasteiger partial charge in [-0.2, -0.15) is 0 Å². The summed E-state index contributed by atoms with van der Waals surface area (Å²) in [5, 5.41) is 3.65. The summed E-state index contributed by atoms with van der Waals surface area (Å²) < 4.78 is 5.91. The highest BCUT2D eigenvalue weighted by atomic mass is 16.5. The molecule has 2 aliphatic heterocycles. The number of likely N-dealkylation sites (N-methyl/N-ethyl adjacent to an activating group) is 1. The van der Waals surface area contributed by atoms with Crippen molar-refractivity contribution in [3.05, 3.63) is 0 Å². The fraction of sp³-hybridized carbons (Fsp3) is 1.00. The third kappa shape index (κ3) is 5.03. The van der Waals surface area contributed by atoms with Crippen LogP contribution in [0.25, 0.3) is 0 Å². The number of hydrogen-bond donors (Lipinski definition) is 1. The summed E-state index contributed by atoms with van der Waals surface area (Å²) in [6.45, 7) is 13.5. The van der Waals surface area contributed by atoms with Crippen LogP contribution in [0.1, 0.15) is 33.1 Å². The van der Waals surface area contributed by atoms with Crippen molar-refractivity contribution >= 4 is 0 Å². The molecule has 0 bridgehead atoms. The Morgan fingerprint density at radius 3 is 2.58 bits per heavy atom. The molecule has 0 amide bonds. The molecule has 2 rings (SSSR count). The highest BCUT2D eigenvalue weighted by molar-refractivity contribution is 4.80. The van der Waals surface area contributed by atoms with Crippen LogP contribution in [0.3, 0.4) is 0 Å². The van der Waals surface area contributed by atoms with Crippen molar-refractivity contribution in [3.8, 4) is 0 Å². The molecule has 19 heavy (non-hydrogen) atoms. The van der Waals surface area contributed by atoms with E-state index >= 15 is 0 Å². The largest absolute Gasteiger partial charge is 0.374 e. The zero-order valence-electron chi connectivity index (χ0n) is 12.7. The number of morpholine rings is 1. The second kappa shape index (κ2) is 8.20. The van der Waals surface area contributed by atoms with Gasteiger partial charge >= 0.3 is 0 Å². The fourth-order valence-electron chi connectivity index (χ4n) is 3.13. The number of likely N-dealkylation sites (tertiary alicyclic amines) is 1. The SMILES string of the molecule is CCCNC1CCN(CC2CN(CC)CCO2)CC1. The Bertz CT molecular complexity index is 242. The Morgan fingerprint density at radius 1 is 1.11 bits per heavy atom. The lowest BCUT2D eigenvalue weighted by Crippen LogP contribution is -2.50. The third-order valence-electron chi connectivity index (χ3n) is 4.40. The Morgan fingerprint density at radius 2 is 1.89 bits per heavy atom. The topological polar surface area (TPSA) is 27.7 Å². The second-order valence-corrected chi connectivity index (χ2v) is 5.92. The Labute approximate surface area is 118 Å². The third-order valence-corrected chi connectivity index (χ3v) is 4.40. The maximum atomic E-state index is 5.91. The molecule has 0 aliphatic carbocycles. The second-order valence-electron chi connectivity index (χ2n) is 5.92. The molecule has 112 valence electrons. The van der Waals surface area contributed by atoms with Gasteiger partial charge in [0.1, 0.15) is 0 Å². The molecule has 0 saturated carbocycles. The molecular formula is C15H31N3O. The van der Waals surface area contributed by atoms with Gasteiger partial charge in [0.15, 0.2) is 0 Å². The zero-order chi connectivity index (χ0) is 13.5. The van der Waals surface area contributed by atoms with E-state index in [0.29, 0.717) is 6.10 Å². The molecule has 2 saturated heterocycles. The maximum Gasteiger partial charge on any atom is 0.0829 e. The number of ether oxygens (including phenoxy) is 1. The molecule has 1 N–H and O–H groups in total. The maximum absolute atomic E-state index is 5.91. The molecule has 1 unspecified atom stereocenters. The first-order valence-electron chi connectivity index (χ1n) is 8.11. The van der Waals surface area contributed by atoms with E-state index < -0.39 is 0 Å². The molecule has 0 aromatic heterocycles. The van der Waals surface area contributed by atoms with E-state index in [9.17, 15) is 0 Å². The molecule has 2 fully saturated rings. The van der Waals surface area contributed by atoms with E-state index in [1.165, 1.54) is 38.9 Å². The van der Waals surface area contributed by atoms with Gasteiger partial charge in [0, 0.05) is 25.7 Å². The molecule has 2 heterocycles. The lowest BCUT2D eigenvalue weighted by atomic mass is 10.0. The normalized spacial score (nSPS) is 27.8. The molecule has 1 atom stereocenters. The standard InChI is InChI=1S/C15H31N3O/c1-3-7-16-14-5-8-18(9-6-14)13-15-12-17(4-2)10-11-19-15/h14-16H,3-13H2,1-2H3. The van der Waals surface area contributed by atoms with Crippen LogP contribution in [-0.4, -0.2) is 74.4 Å². The van der Waals surface area contributed by atoms with Crippen molar-refractivity contribution in [3.63, 3.8) is 0 Å². The number of piperidine rings is 1. The van der Waals surface area contributed by atoms with Crippen LogP contribution < -0.4 is 5.32 Å². The minimum Gasteiger partial charge on any atom is -0.374 e. The smallest absolute Gasteiger partial charge is 0.0829 e. The van der Waals surface area contributed by atoms with Crippen LogP contribution in [0.5, 0.6) is 0 Å². The van der Waals surface area contributed by atoms with E-state index in [1.54, 1.807) is 0 Å². The van der Waals surface area contributed by atoms with Crippen molar-refractivity contribution in [2.24, 2.45) is 0 Å². The van der Waals surface area contributed by atoms with Crippen LogP contribution in [-0.2, 0) is 4.74 Å². The van der Waals surface area contributed by atoms with E-state index in [4.69, 9.17) is 4.74 Å². The fourth-order valence-corrected chi connectivity index (χ4v) is 3.13. The summed E-state index contributed by atoms with van der Waals surface area (Å²) in [6, 6.07) is 0.746. The summed E-state index contributed by atoms with van der Waals surface area (Å²) in [5.74, 6) is 0. The number of nitrogens with one attached hydrogen (secondary N) is 1. The van der Waals surface area contributed by atoms with Crippen LogP contribution in [0.15, 0.2) is 0 Å². The molecule has 0 aromatic rings. The number of nitrogens with zero attached hydrogens (tertiary/aromatic N) is 2. The lowest BCUT2D eigenvalue weighted by molar-refractivity contribution is -0.0445. The van der Waals surface area contributed by atoms with Gasteiger partial charge in [-0.15, -0.1) is 0 Å².